The van der Waals surface area contributed by atoms with E-state index in [9.17, 15) is 19.2 Å². The fourth-order valence-electron chi connectivity index (χ4n) is 4.64. The van der Waals surface area contributed by atoms with Crippen molar-refractivity contribution in [3.8, 4) is 5.75 Å². The van der Waals surface area contributed by atoms with E-state index in [1.165, 1.54) is 7.11 Å². The Morgan fingerprint density at radius 3 is 1.79 bits per heavy atom. The van der Waals surface area contributed by atoms with Gasteiger partial charge in [0.15, 0.2) is 0 Å². The molecule has 0 heterocycles. The Morgan fingerprint density at radius 1 is 0.708 bits per heavy atom. The largest absolute Gasteiger partial charge is 0.489 e. The number of ether oxygens (including phenoxy) is 3. The zero-order chi connectivity index (χ0) is 35.3. The van der Waals surface area contributed by atoms with Crippen molar-refractivity contribution in [2.45, 2.75) is 71.6 Å². The molecule has 3 aromatic carbocycles. The van der Waals surface area contributed by atoms with Crippen LogP contribution in [0.5, 0.6) is 5.75 Å². The maximum atomic E-state index is 15.5. The molecule has 3 rings (SSSR count). The van der Waals surface area contributed by atoms with Gasteiger partial charge in [0, 0.05) is 13.5 Å². The highest BCUT2D eigenvalue weighted by atomic mass is 19.3. The minimum Gasteiger partial charge on any atom is -0.489 e. The van der Waals surface area contributed by atoms with Gasteiger partial charge in [-0.2, -0.15) is 8.78 Å². The van der Waals surface area contributed by atoms with Crippen LogP contribution in [-0.2, 0) is 43.5 Å². The smallest absolute Gasteiger partial charge is 0.408 e. The number of hydrogen-bond donors (Lipinski definition) is 3. The maximum absolute atomic E-state index is 15.5. The van der Waals surface area contributed by atoms with E-state index in [2.05, 4.69) is 16.0 Å². The van der Waals surface area contributed by atoms with Gasteiger partial charge < -0.3 is 30.2 Å². The first-order valence-corrected chi connectivity index (χ1v) is 15.6. The molecule has 3 N–H and O–H groups in total. The van der Waals surface area contributed by atoms with Crippen LogP contribution in [0, 0.1) is 11.8 Å². The number of nitrogens with one attached hydrogen (secondary N) is 3. The highest BCUT2D eigenvalue weighted by molar-refractivity contribution is 6.10. The summed E-state index contributed by atoms with van der Waals surface area (Å²) in [7, 11) is 1.24. The third kappa shape index (κ3) is 11.2. The molecule has 48 heavy (non-hydrogen) atoms. The van der Waals surface area contributed by atoms with Crippen molar-refractivity contribution < 1.29 is 42.2 Å². The van der Waals surface area contributed by atoms with Gasteiger partial charge in [-0.3, -0.25) is 14.4 Å². The number of hydrogen-bond acceptors (Lipinski definition) is 7. The summed E-state index contributed by atoms with van der Waals surface area (Å²) in [4.78, 5) is 52.1. The Bertz CT molecular complexity index is 1490. The molecule has 3 atom stereocenters. The van der Waals surface area contributed by atoms with Gasteiger partial charge in [-0.25, -0.2) is 4.79 Å². The average molecular weight is 668 g/mol. The Kier molecular flexibility index (Phi) is 14.0. The Labute approximate surface area is 279 Å². The second-order valence-electron chi connectivity index (χ2n) is 11.9. The number of carbonyl (C=O) groups excluding carboxylic acids is 4. The van der Waals surface area contributed by atoms with E-state index in [0.29, 0.717) is 23.5 Å². The van der Waals surface area contributed by atoms with Crippen molar-refractivity contribution in [2.24, 2.45) is 11.8 Å². The van der Waals surface area contributed by atoms with E-state index < -0.39 is 53.8 Å². The lowest BCUT2D eigenvalue weighted by atomic mass is 9.96. The fraction of sp³-hybridized carbons (Fsp3) is 0.389. The highest BCUT2D eigenvalue weighted by Crippen LogP contribution is 2.22. The minimum atomic E-state index is -4.53. The van der Waals surface area contributed by atoms with Crippen LogP contribution >= 0.6 is 0 Å². The normalized spacial score (nSPS) is 13.3. The van der Waals surface area contributed by atoms with E-state index in [4.69, 9.17) is 14.2 Å². The molecule has 0 saturated carbocycles. The molecule has 0 aliphatic carbocycles. The number of methoxy groups -OCH3 is 1. The van der Waals surface area contributed by atoms with Crippen molar-refractivity contribution in [3.05, 3.63) is 102 Å². The zero-order valence-electron chi connectivity index (χ0n) is 27.7. The summed E-state index contributed by atoms with van der Waals surface area (Å²) in [6, 6.07) is 21.6. The minimum absolute atomic E-state index is 0.0640. The molecule has 3 amide bonds. The third-order valence-electron chi connectivity index (χ3n) is 7.41. The lowest BCUT2D eigenvalue weighted by Crippen LogP contribution is -2.60. The summed E-state index contributed by atoms with van der Waals surface area (Å²) in [5.74, 6) is -9.53. The van der Waals surface area contributed by atoms with Gasteiger partial charge in [-0.15, -0.1) is 0 Å². The summed E-state index contributed by atoms with van der Waals surface area (Å²) in [5, 5.41) is 6.86. The van der Waals surface area contributed by atoms with E-state index >= 15 is 8.78 Å². The average Bonchev–Trinajstić information content (AvgIpc) is 3.08. The summed E-state index contributed by atoms with van der Waals surface area (Å²) >= 11 is 0. The number of carbonyl (C=O) groups is 4. The predicted molar refractivity (Wildman–Crippen MR) is 175 cm³/mol. The lowest BCUT2D eigenvalue weighted by Gasteiger charge is -2.28. The molecule has 0 bridgehead atoms. The monoisotopic (exact) mass is 667 g/mol. The summed E-state index contributed by atoms with van der Waals surface area (Å²) in [5.41, 5.74) is 2.07. The molecule has 0 aliphatic heterocycles. The van der Waals surface area contributed by atoms with Gasteiger partial charge in [-0.1, -0.05) is 100 Å². The Morgan fingerprint density at radius 2 is 1.27 bits per heavy atom. The van der Waals surface area contributed by atoms with Crippen LogP contribution in [0.25, 0.3) is 0 Å². The van der Waals surface area contributed by atoms with Crippen LogP contribution in [0.3, 0.4) is 0 Å². The summed E-state index contributed by atoms with van der Waals surface area (Å²) in [6.45, 7) is 6.79. The number of benzene rings is 3. The van der Waals surface area contributed by atoms with Crippen molar-refractivity contribution in [1.29, 1.82) is 0 Å². The Hall–Kier alpha value is -4.84. The molecule has 258 valence electrons. The first-order valence-electron chi connectivity index (χ1n) is 15.6. The third-order valence-corrected chi connectivity index (χ3v) is 7.41. The molecular weight excluding hydrogens is 624 g/mol. The molecule has 1 unspecified atom stereocenters. The van der Waals surface area contributed by atoms with E-state index in [1.807, 2.05) is 36.4 Å². The number of halogens is 2. The van der Waals surface area contributed by atoms with Crippen molar-refractivity contribution in [3.63, 3.8) is 0 Å². The van der Waals surface area contributed by atoms with Crippen LogP contribution in [0.2, 0.25) is 0 Å². The van der Waals surface area contributed by atoms with Crippen molar-refractivity contribution in [2.75, 3.05) is 7.11 Å². The van der Waals surface area contributed by atoms with Crippen LogP contribution in [0.15, 0.2) is 84.9 Å². The quantitative estimate of drug-likeness (QED) is 0.133. The van der Waals surface area contributed by atoms with Crippen LogP contribution in [0.1, 0.15) is 44.4 Å². The lowest BCUT2D eigenvalue weighted by molar-refractivity contribution is -0.163. The van der Waals surface area contributed by atoms with Gasteiger partial charge in [0.05, 0.1) is 6.04 Å². The van der Waals surface area contributed by atoms with Crippen molar-refractivity contribution >= 4 is 23.7 Å². The van der Waals surface area contributed by atoms with E-state index in [-0.39, 0.29) is 18.9 Å². The standard InChI is InChI=1S/C36H43F2N3O7/c1-23(2)30(40-35(45)48-22-27-14-10-7-11-15-27)32(43)39-29(31(42)36(37,38)34(44)41-33(46-5)24(3)4)20-25-16-18-28(19-17-25)47-21-26-12-8-6-9-13-26/h6-19,23-24,29-30,33H,20-22H2,1-5H3,(H,39,43)(H,40,45)(H,41,44)/t29?,30-,33-/m0/s1. The molecule has 0 radical (unpaired) electrons. The van der Waals surface area contributed by atoms with Gasteiger partial charge >= 0.3 is 17.9 Å². The molecule has 0 aliphatic rings. The predicted octanol–water partition coefficient (Wildman–Crippen LogP) is 5.19. The fourth-order valence-corrected chi connectivity index (χ4v) is 4.64. The van der Waals surface area contributed by atoms with Crippen LogP contribution < -0.4 is 20.7 Å². The number of rotatable bonds is 17. The van der Waals surface area contributed by atoms with Crippen LogP contribution in [-0.4, -0.2) is 55.0 Å². The van der Waals surface area contributed by atoms with Gasteiger partial charge in [0.2, 0.25) is 11.7 Å². The number of Topliss-reactive ketones (excluding diaryl/α,β-unsaturated/α-hetero) is 1. The SMILES string of the molecule is CO[C@H](NC(=O)C(F)(F)C(=O)C(Cc1ccc(OCc2ccccc2)cc1)NC(=O)[C@@H](NC(=O)OCc1ccccc1)C(C)C)C(C)C. The summed E-state index contributed by atoms with van der Waals surface area (Å²) < 4.78 is 47.0. The molecule has 10 nitrogen and oxygen atoms in total. The van der Waals surface area contributed by atoms with Crippen LogP contribution in [0.4, 0.5) is 13.6 Å². The van der Waals surface area contributed by atoms with Gasteiger partial charge in [-0.05, 0) is 40.7 Å². The first-order chi connectivity index (χ1) is 22.8. The number of alkyl carbamates (subject to hydrolysis) is 1. The molecule has 0 aromatic heterocycles. The first kappa shape index (κ1) is 37.6. The Balaban J connectivity index is 1.79. The topological polar surface area (TPSA) is 132 Å². The van der Waals surface area contributed by atoms with Gasteiger partial charge in [0.25, 0.3) is 0 Å². The number of ketones is 1. The van der Waals surface area contributed by atoms with E-state index in [0.717, 1.165) is 5.56 Å². The molecule has 0 saturated heterocycles. The number of alkyl halides is 2. The highest BCUT2D eigenvalue weighted by Gasteiger charge is 2.51. The zero-order valence-corrected chi connectivity index (χ0v) is 27.7. The molecule has 0 spiro atoms. The second-order valence-corrected chi connectivity index (χ2v) is 11.9. The van der Waals surface area contributed by atoms with E-state index in [1.54, 1.807) is 76.2 Å². The second kappa shape index (κ2) is 17.9. The summed E-state index contributed by atoms with van der Waals surface area (Å²) in [6.07, 6.45) is -2.37. The maximum Gasteiger partial charge on any atom is 0.408 e. The number of amides is 3. The molecular formula is C36H43F2N3O7. The van der Waals surface area contributed by atoms with Crippen molar-refractivity contribution in [1.82, 2.24) is 16.0 Å². The molecule has 3 aromatic rings. The molecule has 12 heteroatoms. The molecule has 0 fully saturated rings. The van der Waals surface area contributed by atoms with Gasteiger partial charge in [0.1, 0.15) is 31.2 Å².